The first-order chi connectivity index (χ1) is 6.29. The summed E-state index contributed by atoms with van der Waals surface area (Å²) in [5, 5.41) is 1.03. The fourth-order valence-electron chi connectivity index (χ4n) is 1.11. The fraction of sp³-hybridized carbons (Fsp3) is 0.250. The van der Waals surface area contributed by atoms with Gasteiger partial charge in [0, 0.05) is 0 Å². The molecule has 2 rings (SSSR count). The second kappa shape index (κ2) is 3.61. The van der Waals surface area contributed by atoms with E-state index in [1.165, 1.54) is 0 Å². The van der Waals surface area contributed by atoms with Crippen LogP contribution in [-0.2, 0) is 10.8 Å². The Hall–Kier alpha value is -0.650. The molecule has 0 aliphatic rings. The monoisotopic (exact) mass is 212 g/mol. The second-order valence-electron chi connectivity index (χ2n) is 2.63. The minimum atomic E-state index is 0.427. The van der Waals surface area contributed by atoms with E-state index in [0.29, 0.717) is 6.61 Å². The zero-order valence-corrected chi connectivity index (χ0v) is 8.73. The SMILES string of the molecule is Cc1nc2ccc(COS)nc2s1. The Kier molecular flexibility index (Phi) is 2.48. The molecule has 0 aliphatic carbocycles. The summed E-state index contributed by atoms with van der Waals surface area (Å²) in [6.07, 6.45) is 0. The minimum Gasteiger partial charge on any atom is -0.312 e. The molecule has 2 aromatic rings. The molecule has 0 radical (unpaired) electrons. The zero-order chi connectivity index (χ0) is 9.26. The lowest BCUT2D eigenvalue weighted by Crippen LogP contribution is -1.88. The van der Waals surface area contributed by atoms with Gasteiger partial charge in [-0.2, -0.15) is 0 Å². The first-order valence-electron chi connectivity index (χ1n) is 3.79. The van der Waals surface area contributed by atoms with Gasteiger partial charge in [-0.15, -0.1) is 0 Å². The number of hydrogen-bond donors (Lipinski definition) is 1. The smallest absolute Gasteiger partial charge is 0.143 e. The van der Waals surface area contributed by atoms with Gasteiger partial charge >= 0.3 is 0 Å². The lowest BCUT2D eigenvalue weighted by Gasteiger charge is -1.95. The molecule has 0 bridgehead atoms. The molecule has 0 N–H and O–H groups in total. The maximum atomic E-state index is 4.70. The highest BCUT2D eigenvalue weighted by molar-refractivity contribution is 7.75. The average Bonchev–Trinajstić information content (AvgIpc) is 2.44. The highest BCUT2D eigenvalue weighted by atomic mass is 32.1. The number of thiazole rings is 1. The Labute approximate surface area is 85.4 Å². The van der Waals surface area contributed by atoms with Gasteiger partial charge in [0.05, 0.1) is 10.7 Å². The molecule has 0 aromatic carbocycles. The van der Waals surface area contributed by atoms with Gasteiger partial charge < -0.3 is 4.18 Å². The summed E-state index contributed by atoms with van der Waals surface area (Å²) in [6, 6.07) is 3.85. The summed E-state index contributed by atoms with van der Waals surface area (Å²) in [6.45, 7) is 2.40. The van der Waals surface area contributed by atoms with Crippen LogP contribution in [0.2, 0.25) is 0 Å². The third kappa shape index (κ3) is 1.82. The maximum absolute atomic E-state index is 4.70. The van der Waals surface area contributed by atoms with E-state index in [-0.39, 0.29) is 0 Å². The molecule has 0 aliphatic heterocycles. The summed E-state index contributed by atoms with van der Waals surface area (Å²) in [7, 11) is 0. The van der Waals surface area contributed by atoms with Crippen LogP contribution >= 0.6 is 24.2 Å². The van der Waals surface area contributed by atoms with E-state index >= 15 is 0 Å². The molecule has 0 atom stereocenters. The number of rotatable bonds is 2. The number of hydrogen-bond acceptors (Lipinski definition) is 5. The lowest BCUT2D eigenvalue weighted by atomic mass is 10.3. The van der Waals surface area contributed by atoms with Crippen LogP contribution in [0.1, 0.15) is 10.7 Å². The van der Waals surface area contributed by atoms with Crippen LogP contribution in [0.4, 0.5) is 0 Å². The Morgan fingerprint density at radius 3 is 3.08 bits per heavy atom. The van der Waals surface area contributed by atoms with Gasteiger partial charge in [-0.3, -0.25) is 0 Å². The third-order valence-electron chi connectivity index (χ3n) is 1.63. The van der Waals surface area contributed by atoms with Crippen molar-refractivity contribution in [2.45, 2.75) is 13.5 Å². The summed E-state index contributed by atoms with van der Waals surface area (Å²) >= 11 is 5.27. The van der Waals surface area contributed by atoms with E-state index in [2.05, 4.69) is 22.9 Å². The van der Waals surface area contributed by atoms with E-state index in [0.717, 1.165) is 21.0 Å². The Morgan fingerprint density at radius 1 is 1.46 bits per heavy atom. The zero-order valence-electron chi connectivity index (χ0n) is 7.02. The van der Waals surface area contributed by atoms with Gasteiger partial charge in [-0.1, -0.05) is 11.3 Å². The van der Waals surface area contributed by atoms with Gasteiger partial charge in [0.2, 0.25) is 0 Å². The number of fused-ring (bicyclic) bond motifs is 1. The highest BCUT2D eigenvalue weighted by Crippen LogP contribution is 2.19. The Balaban J connectivity index is 2.48. The quantitative estimate of drug-likeness (QED) is 0.613. The van der Waals surface area contributed by atoms with E-state index in [1.807, 2.05) is 19.1 Å². The van der Waals surface area contributed by atoms with Crippen LogP contribution in [0.25, 0.3) is 10.3 Å². The summed E-state index contributed by atoms with van der Waals surface area (Å²) < 4.78 is 4.70. The van der Waals surface area contributed by atoms with Gasteiger partial charge in [0.15, 0.2) is 0 Å². The maximum Gasteiger partial charge on any atom is 0.143 e. The number of nitrogens with zero attached hydrogens (tertiary/aromatic N) is 2. The molecule has 0 saturated carbocycles. The molecule has 68 valence electrons. The van der Waals surface area contributed by atoms with Gasteiger partial charge in [0.1, 0.15) is 17.0 Å². The van der Waals surface area contributed by atoms with Crippen LogP contribution in [-0.4, -0.2) is 9.97 Å². The second-order valence-corrected chi connectivity index (χ2v) is 4.07. The van der Waals surface area contributed by atoms with Gasteiger partial charge in [-0.05, 0) is 32.0 Å². The van der Waals surface area contributed by atoms with Crippen LogP contribution < -0.4 is 0 Å². The molecule has 2 aromatic heterocycles. The van der Waals surface area contributed by atoms with Crippen molar-refractivity contribution in [2.75, 3.05) is 0 Å². The summed E-state index contributed by atoms with van der Waals surface area (Å²) in [5.74, 6) is 0. The predicted molar refractivity (Wildman–Crippen MR) is 55.9 cm³/mol. The fourth-order valence-corrected chi connectivity index (χ4v) is 2.05. The first kappa shape index (κ1) is 8.93. The molecular weight excluding hydrogens is 204 g/mol. The number of aryl methyl sites for hydroxylation is 1. The Bertz CT molecular complexity index is 427. The molecule has 0 fully saturated rings. The average molecular weight is 212 g/mol. The number of thiol groups is 1. The van der Waals surface area contributed by atoms with E-state index in [9.17, 15) is 0 Å². The molecule has 0 unspecified atom stereocenters. The lowest BCUT2D eigenvalue weighted by molar-refractivity contribution is 0.366. The highest BCUT2D eigenvalue weighted by Gasteiger charge is 2.02. The van der Waals surface area contributed by atoms with Crippen LogP contribution in [0.3, 0.4) is 0 Å². The van der Waals surface area contributed by atoms with Crippen LogP contribution in [0, 0.1) is 6.92 Å². The third-order valence-corrected chi connectivity index (χ3v) is 2.64. The van der Waals surface area contributed by atoms with Crippen molar-refractivity contribution >= 4 is 34.6 Å². The topological polar surface area (TPSA) is 35.0 Å². The molecule has 0 saturated heterocycles. The standard InChI is InChI=1S/C8H8N2OS2/c1-5-9-7-3-2-6(4-11-12)10-8(7)13-5/h2-3,12H,4H2,1H3. The molecule has 0 spiro atoms. The van der Waals surface area contributed by atoms with E-state index in [4.69, 9.17) is 4.18 Å². The number of aromatic nitrogens is 2. The molecule has 5 heteroatoms. The van der Waals surface area contributed by atoms with E-state index in [1.54, 1.807) is 11.3 Å². The summed E-state index contributed by atoms with van der Waals surface area (Å²) in [4.78, 5) is 9.64. The van der Waals surface area contributed by atoms with Crippen molar-refractivity contribution in [3.63, 3.8) is 0 Å². The van der Waals surface area contributed by atoms with Crippen molar-refractivity contribution < 1.29 is 4.18 Å². The molecule has 13 heavy (non-hydrogen) atoms. The van der Waals surface area contributed by atoms with E-state index < -0.39 is 0 Å². The molecule has 2 heterocycles. The minimum absolute atomic E-state index is 0.427. The van der Waals surface area contributed by atoms with Crippen LogP contribution in [0.5, 0.6) is 0 Å². The van der Waals surface area contributed by atoms with Crippen LogP contribution in [0.15, 0.2) is 12.1 Å². The van der Waals surface area contributed by atoms with Crippen molar-refractivity contribution in [3.8, 4) is 0 Å². The van der Waals surface area contributed by atoms with Gasteiger partial charge in [-0.25, -0.2) is 9.97 Å². The molecule has 3 nitrogen and oxygen atoms in total. The van der Waals surface area contributed by atoms with Crippen molar-refractivity contribution in [1.82, 2.24) is 9.97 Å². The normalized spacial score (nSPS) is 10.9. The van der Waals surface area contributed by atoms with Gasteiger partial charge in [0.25, 0.3) is 0 Å². The van der Waals surface area contributed by atoms with Crippen molar-refractivity contribution in [3.05, 3.63) is 22.8 Å². The molecular formula is C8H8N2OS2. The Morgan fingerprint density at radius 2 is 2.31 bits per heavy atom. The van der Waals surface area contributed by atoms with Crippen molar-refractivity contribution in [2.24, 2.45) is 0 Å². The summed E-state index contributed by atoms with van der Waals surface area (Å²) in [5.41, 5.74) is 1.83. The predicted octanol–water partition coefficient (Wildman–Crippen LogP) is 2.36. The number of pyridine rings is 1. The molecule has 0 amide bonds. The van der Waals surface area contributed by atoms with Crippen molar-refractivity contribution in [1.29, 1.82) is 0 Å². The largest absolute Gasteiger partial charge is 0.312 e. The first-order valence-corrected chi connectivity index (χ1v) is 4.97.